The Kier molecular flexibility index (Phi) is 3.97. The lowest BCUT2D eigenvalue weighted by molar-refractivity contribution is -0.141. The number of sulfonamides is 1. The summed E-state index contributed by atoms with van der Waals surface area (Å²) in [4.78, 5) is 13.0. The SMILES string of the molecule is Cc1nc(S(=O)(=O)N2C3CC2CN(c2cc(C(F)(F)F)ncn2)C3)cn1C. The van der Waals surface area contributed by atoms with Crippen molar-refractivity contribution in [3.8, 4) is 0 Å². The van der Waals surface area contributed by atoms with Gasteiger partial charge in [0.15, 0.2) is 5.03 Å². The van der Waals surface area contributed by atoms with Crippen molar-refractivity contribution in [1.82, 2.24) is 23.8 Å². The van der Waals surface area contributed by atoms with E-state index in [1.54, 1.807) is 23.4 Å². The summed E-state index contributed by atoms with van der Waals surface area (Å²) >= 11 is 0. The number of rotatable bonds is 3. The van der Waals surface area contributed by atoms with E-state index in [0.717, 1.165) is 12.4 Å². The zero-order valence-electron chi connectivity index (χ0n) is 14.5. The molecule has 5 rings (SSSR count). The van der Waals surface area contributed by atoms with Gasteiger partial charge in [-0.3, -0.25) is 0 Å². The lowest BCUT2D eigenvalue weighted by atomic mass is 9.91. The molecule has 12 heteroatoms. The van der Waals surface area contributed by atoms with Crippen LogP contribution >= 0.6 is 0 Å². The number of aromatic nitrogens is 4. The first-order chi connectivity index (χ1) is 12.6. The molecule has 0 saturated carbocycles. The van der Waals surface area contributed by atoms with Crippen molar-refractivity contribution in [3.63, 3.8) is 0 Å². The van der Waals surface area contributed by atoms with Crippen molar-refractivity contribution >= 4 is 15.8 Å². The molecule has 8 nitrogen and oxygen atoms in total. The maximum atomic E-state index is 12.9. The van der Waals surface area contributed by atoms with Gasteiger partial charge in [-0.15, -0.1) is 0 Å². The van der Waals surface area contributed by atoms with Crippen LogP contribution in [0.1, 0.15) is 17.9 Å². The minimum absolute atomic E-state index is 0.00737. The van der Waals surface area contributed by atoms with Crippen LogP contribution < -0.4 is 4.90 Å². The Hall–Kier alpha value is -2.21. The number of imidazole rings is 1. The Morgan fingerprint density at radius 1 is 1.19 bits per heavy atom. The summed E-state index contributed by atoms with van der Waals surface area (Å²) in [6.45, 7) is 2.26. The molecular weight excluding hydrogens is 385 g/mol. The summed E-state index contributed by atoms with van der Waals surface area (Å²) in [5.41, 5.74) is -1.01. The van der Waals surface area contributed by atoms with E-state index in [-0.39, 0.29) is 36.0 Å². The van der Waals surface area contributed by atoms with E-state index >= 15 is 0 Å². The first-order valence-electron chi connectivity index (χ1n) is 8.25. The van der Waals surface area contributed by atoms with E-state index in [4.69, 9.17) is 0 Å². The molecule has 0 spiro atoms. The molecule has 2 atom stereocenters. The van der Waals surface area contributed by atoms with Gasteiger partial charge in [-0.05, 0) is 13.3 Å². The number of piperazine rings is 1. The number of anilines is 1. The average Bonchev–Trinajstić information content (AvgIpc) is 2.94. The third-order valence-corrected chi connectivity index (χ3v) is 6.90. The van der Waals surface area contributed by atoms with Crippen molar-refractivity contribution in [1.29, 1.82) is 0 Å². The highest BCUT2D eigenvalue weighted by molar-refractivity contribution is 7.89. The van der Waals surface area contributed by atoms with Gasteiger partial charge in [-0.1, -0.05) is 0 Å². The lowest BCUT2D eigenvalue weighted by Gasteiger charge is -2.54. The van der Waals surface area contributed by atoms with Crippen LogP contribution in [0.2, 0.25) is 0 Å². The molecule has 5 heterocycles. The first kappa shape index (κ1) is 18.2. The summed E-state index contributed by atoms with van der Waals surface area (Å²) in [5, 5.41) is -0.00737. The molecule has 0 aromatic carbocycles. The highest BCUT2D eigenvalue weighted by Gasteiger charge is 2.52. The van der Waals surface area contributed by atoms with Crippen LogP contribution in [0, 0.1) is 6.92 Å². The number of hydrogen-bond donors (Lipinski definition) is 0. The van der Waals surface area contributed by atoms with Crippen LogP contribution in [0.25, 0.3) is 0 Å². The van der Waals surface area contributed by atoms with Crippen LogP contribution in [0.15, 0.2) is 23.6 Å². The Morgan fingerprint density at radius 2 is 1.85 bits per heavy atom. The number of hydrogen-bond acceptors (Lipinski definition) is 6. The zero-order valence-corrected chi connectivity index (χ0v) is 15.4. The normalized spacial score (nSPS) is 23.4. The van der Waals surface area contributed by atoms with Crippen LogP contribution in [-0.2, 0) is 23.2 Å². The molecule has 2 unspecified atom stereocenters. The Balaban J connectivity index is 1.55. The third kappa shape index (κ3) is 2.96. The Labute approximate surface area is 153 Å². The van der Waals surface area contributed by atoms with Crippen LogP contribution in [0.4, 0.5) is 19.0 Å². The molecule has 3 aliphatic heterocycles. The quantitative estimate of drug-likeness (QED) is 0.767. The van der Waals surface area contributed by atoms with Gasteiger partial charge in [0.25, 0.3) is 10.0 Å². The number of alkyl halides is 3. The molecule has 0 aliphatic carbocycles. The van der Waals surface area contributed by atoms with Gasteiger partial charge in [0.1, 0.15) is 23.7 Å². The second kappa shape index (κ2) is 5.89. The minimum atomic E-state index is -4.55. The fourth-order valence-corrected chi connectivity index (χ4v) is 5.43. The molecule has 2 aromatic heterocycles. The van der Waals surface area contributed by atoms with E-state index in [1.165, 1.54) is 10.5 Å². The summed E-state index contributed by atoms with van der Waals surface area (Å²) < 4.78 is 67.4. The molecule has 146 valence electrons. The third-order valence-electron chi connectivity index (χ3n) is 5.02. The number of fused-ring (bicyclic) bond motifs is 2. The van der Waals surface area contributed by atoms with Gasteiger partial charge >= 0.3 is 6.18 Å². The maximum absolute atomic E-state index is 12.9. The van der Waals surface area contributed by atoms with Crippen molar-refractivity contribution in [3.05, 3.63) is 30.1 Å². The molecule has 0 N–H and O–H groups in total. The summed E-state index contributed by atoms with van der Waals surface area (Å²) in [6.07, 6.45) is -1.54. The molecule has 2 bridgehead atoms. The van der Waals surface area contributed by atoms with Crippen molar-refractivity contribution in [2.75, 3.05) is 18.0 Å². The smallest absolute Gasteiger partial charge is 0.353 e. The molecule has 3 aliphatic rings. The van der Waals surface area contributed by atoms with Crippen LogP contribution in [0.5, 0.6) is 0 Å². The van der Waals surface area contributed by atoms with Gasteiger partial charge in [0, 0.05) is 44.5 Å². The second-order valence-electron chi connectivity index (χ2n) is 6.78. The second-order valence-corrected chi connectivity index (χ2v) is 8.57. The van der Waals surface area contributed by atoms with Gasteiger partial charge in [0.05, 0.1) is 0 Å². The molecule has 0 amide bonds. The van der Waals surface area contributed by atoms with Crippen molar-refractivity contribution in [2.45, 2.75) is 36.6 Å². The average molecular weight is 402 g/mol. The summed E-state index contributed by atoms with van der Waals surface area (Å²) in [6, 6.07) is 0.256. The fraction of sp³-hybridized carbons (Fsp3) is 0.533. The molecule has 3 fully saturated rings. The van der Waals surface area contributed by atoms with E-state index < -0.39 is 21.9 Å². The van der Waals surface area contributed by atoms with Gasteiger partial charge in [-0.25, -0.2) is 23.4 Å². The summed E-state index contributed by atoms with van der Waals surface area (Å²) in [5.74, 6) is 0.735. The number of aryl methyl sites for hydroxylation is 2. The molecule has 0 radical (unpaired) electrons. The topological polar surface area (TPSA) is 84.2 Å². The van der Waals surface area contributed by atoms with E-state index in [2.05, 4.69) is 15.0 Å². The lowest BCUT2D eigenvalue weighted by Crippen LogP contribution is -2.70. The van der Waals surface area contributed by atoms with E-state index in [0.29, 0.717) is 12.2 Å². The Bertz CT molecular complexity index is 958. The predicted molar refractivity (Wildman–Crippen MR) is 88.4 cm³/mol. The number of nitrogens with zero attached hydrogens (tertiary/aromatic N) is 6. The predicted octanol–water partition coefficient (Wildman–Crippen LogP) is 1.19. The standard InChI is InChI=1S/C15H17F3N6O2S/c1-9-21-14(7-22(9)2)27(25,26)24-10-3-11(24)6-23(5-10)13-4-12(15(16,17)18)19-8-20-13/h4,7-8,10-11H,3,5-6H2,1-2H3. The minimum Gasteiger partial charge on any atom is -0.353 e. The van der Waals surface area contributed by atoms with Gasteiger partial charge < -0.3 is 9.47 Å². The van der Waals surface area contributed by atoms with Gasteiger partial charge in [0.2, 0.25) is 0 Å². The maximum Gasteiger partial charge on any atom is 0.433 e. The van der Waals surface area contributed by atoms with Crippen molar-refractivity contribution < 1.29 is 21.6 Å². The monoisotopic (exact) mass is 402 g/mol. The number of piperidine rings is 1. The molecule has 2 aromatic rings. The zero-order chi connectivity index (χ0) is 19.6. The molecule has 27 heavy (non-hydrogen) atoms. The van der Waals surface area contributed by atoms with Crippen LogP contribution in [0.3, 0.4) is 0 Å². The largest absolute Gasteiger partial charge is 0.433 e. The molecule has 3 saturated heterocycles. The van der Waals surface area contributed by atoms with E-state index in [9.17, 15) is 21.6 Å². The first-order valence-corrected chi connectivity index (χ1v) is 9.69. The van der Waals surface area contributed by atoms with Crippen LogP contribution in [-0.4, -0.2) is 57.4 Å². The van der Waals surface area contributed by atoms with E-state index in [1.807, 2.05) is 0 Å². The van der Waals surface area contributed by atoms with Gasteiger partial charge in [-0.2, -0.15) is 17.5 Å². The van der Waals surface area contributed by atoms with Crippen molar-refractivity contribution in [2.24, 2.45) is 7.05 Å². The number of halogens is 3. The Morgan fingerprint density at radius 3 is 2.41 bits per heavy atom. The highest BCUT2D eigenvalue weighted by atomic mass is 32.2. The fourth-order valence-electron chi connectivity index (χ4n) is 3.59. The highest BCUT2D eigenvalue weighted by Crippen LogP contribution is 2.39. The molecular formula is C15H17F3N6O2S. The summed E-state index contributed by atoms with van der Waals surface area (Å²) in [7, 11) is -2.02.